The predicted molar refractivity (Wildman–Crippen MR) is 63.7 cm³/mol. The first kappa shape index (κ1) is 9.99. The van der Waals surface area contributed by atoms with E-state index in [1.54, 1.807) is 17.7 Å². The van der Waals surface area contributed by atoms with Gasteiger partial charge in [-0.05, 0) is 13.8 Å². The van der Waals surface area contributed by atoms with Gasteiger partial charge in [-0.3, -0.25) is 0 Å². The Morgan fingerprint density at radius 2 is 2.31 bits per heavy atom. The van der Waals surface area contributed by atoms with Crippen LogP contribution in [-0.2, 0) is 6.42 Å². The number of fused-ring (bicyclic) bond motifs is 1. The van der Waals surface area contributed by atoms with Crippen molar-refractivity contribution in [1.29, 1.82) is 0 Å². The Bertz CT molecular complexity index is 514. The smallest absolute Gasteiger partial charge is 0.0926 e. The fraction of sp³-hybridized carbons (Fsp3) is 0.455. The second-order valence-corrected chi connectivity index (χ2v) is 5.32. The van der Waals surface area contributed by atoms with Gasteiger partial charge in [0, 0.05) is 18.7 Å². The zero-order valence-electron chi connectivity index (χ0n) is 9.37. The number of H-pyrrole nitrogens is 1. The molecule has 3 heterocycles. The number of hydrogen-bond donors (Lipinski definition) is 2. The number of aromatic nitrogens is 3. The van der Waals surface area contributed by atoms with E-state index in [9.17, 15) is 0 Å². The number of nitrogens with one attached hydrogen (secondary N) is 2. The second-order valence-electron chi connectivity index (χ2n) is 4.09. The van der Waals surface area contributed by atoms with Gasteiger partial charge in [0.2, 0.25) is 0 Å². The highest BCUT2D eigenvalue weighted by atomic mass is 32.1. The Morgan fingerprint density at radius 3 is 3.06 bits per heavy atom. The minimum absolute atomic E-state index is 0.223. The molecule has 3 rings (SSSR count). The second kappa shape index (κ2) is 3.68. The van der Waals surface area contributed by atoms with Crippen LogP contribution in [0.2, 0.25) is 0 Å². The molecule has 0 radical (unpaired) electrons. The predicted octanol–water partition coefficient (Wildman–Crippen LogP) is 1.72. The average Bonchev–Trinajstić information content (AvgIpc) is 2.84. The SMILES string of the molecule is Cc1nc(C)c(C2NCCc3[nH]cnc32)s1. The van der Waals surface area contributed by atoms with Crippen molar-refractivity contribution < 1.29 is 0 Å². The zero-order chi connectivity index (χ0) is 11.1. The maximum Gasteiger partial charge on any atom is 0.0926 e. The van der Waals surface area contributed by atoms with E-state index in [1.165, 1.54) is 10.6 Å². The Kier molecular flexibility index (Phi) is 2.29. The molecule has 0 amide bonds. The summed E-state index contributed by atoms with van der Waals surface area (Å²) in [5, 5.41) is 4.64. The van der Waals surface area contributed by atoms with Crippen molar-refractivity contribution in [2.75, 3.05) is 6.54 Å². The molecule has 0 saturated carbocycles. The molecule has 1 aliphatic heterocycles. The first-order chi connectivity index (χ1) is 7.75. The van der Waals surface area contributed by atoms with E-state index in [4.69, 9.17) is 0 Å². The maximum atomic E-state index is 4.48. The van der Waals surface area contributed by atoms with Gasteiger partial charge in [-0.2, -0.15) is 0 Å². The molecule has 2 aromatic rings. The van der Waals surface area contributed by atoms with Gasteiger partial charge in [-0.15, -0.1) is 11.3 Å². The van der Waals surface area contributed by atoms with Crippen LogP contribution in [0.25, 0.3) is 0 Å². The third kappa shape index (κ3) is 1.47. The molecule has 0 spiro atoms. The normalized spacial score (nSPS) is 19.8. The van der Waals surface area contributed by atoms with Gasteiger partial charge in [-0.25, -0.2) is 9.97 Å². The highest BCUT2D eigenvalue weighted by molar-refractivity contribution is 7.11. The Morgan fingerprint density at radius 1 is 1.44 bits per heavy atom. The minimum atomic E-state index is 0.223. The highest BCUT2D eigenvalue weighted by Gasteiger charge is 2.26. The van der Waals surface area contributed by atoms with Gasteiger partial charge < -0.3 is 10.3 Å². The highest BCUT2D eigenvalue weighted by Crippen LogP contribution is 2.32. The molecular formula is C11H14N4S. The standard InChI is InChI=1S/C11H14N4S/c1-6-11(16-7(2)15-6)10-9-8(3-4-12-10)13-5-14-9/h5,10,12H,3-4H2,1-2H3,(H,13,14). The van der Waals surface area contributed by atoms with Crippen molar-refractivity contribution in [3.8, 4) is 0 Å². The third-order valence-corrected chi connectivity index (χ3v) is 4.09. The summed E-state index contributed by atoms with van der Waals surface area (Å²) in [6.45, 7) is 5.12. The molecule has 0 aromatic carbocycles. The zero-order valence-corrected chi connectivity index (χ0v) is 10.2. The van der Waals surface area contributed by atoms with Gasteiger partial charge in [0.25, 0.3) is 0 Å². The summed E-state index contributed by atoms with van der Waals surface area (Å²) >= 11 is 1.76. The van der Waals surface area contributed by atoms with Crippen LogP contribution in [0.5, 0.6) is 0 Å². The molecule has 0 fully saturated rings. The van der Waals surface area contributed by atoms with E-state index in [1.807, 2.05) is 0 Å². The Balaban J connectivity index is 2.07. The minimum Gasteiger partial charge on any atom is -0.348 e. The molecular weight excluding hydrogens is 220 g/mol. The van der Waals surface area contributed by atoms with Crippen molar-refractivity contribution in [2.45, 2.75) is 26.3 Å². The van der Waals surface area contributed by atoms with Crippen molar-refractivity contribution in [3.05, 3.63) is 33.3 Å². The first-order valence-electron chi connectivity index (χ1n) is 5.45. The lowest BCUT2D eigenvalue weighted by Gasteiger charge is -2.22. The van der Waals surface area contributed by atoms with Crippen LogP contribution < -0.4 is 5.32 Å². The van der Waals surface area contributed by atoms with E-state index in [0.29, 0.717) is 0 Å². The summed E-state index contributed by atoms with van der Waals surface area (Å²) in [6, 6.07) is 0.223. The molecule has 16 heavy (non-hydrogen) atoms. The molecule has 0 saturated heterocycles. The molecule has 1 atom stereocenters. The van der Waals surface area contributed by atoms with E-state index >= 15 is 0 Å². The van der Waals surface area contributed by atoms with Crippen LogP contribution >= 0.6 is 11.3 Å². The molecule has 1 unspecified atom stereocenters. The van der Waals surface area contributed by atoms with E-state index in [-0.39, 0.29) is 6.04 Å². The van der Waals surface area contributed by atoms with Crippen LogP contribution in [0.4, 0.5) is 0 Å². The molecule has 2 aromatic heterocycles. The quantitative estimate of drug-likeness (QED) is 0.790. The van der Waals surface area contributed by atoms with Gasteiger partial charge in [0.1, 0.15) is 0 Å². The number of thiazole rings is 1. The summed E-state index contributed by atoms with van der Waals surface area (Å²) in [5.41, 5.74) is 3.52. The summed E-state index contributed by atoms with van der Waals surface area (Å²) < 4.78 is 0. The van der Waals surface area contributed by atoms with Crippen LogP contribution in [0.15, 0.2) is 6.33 Å². The lowest BCUT2D eigenvalue weighted by Crippen LogP contribution is -2.30. The van der Waals surface area contributed by atoms with Crippen molar-refractivity contribution >= 4 is 11.3 Å². The lowest BCUT2D eigenvalue weighted by molar-refractivity contribution is 0.557. The largest absolute Gasteiger partial charge is 0.348 e. The Hall–Kier alpha value is -1.20. The van der Waals surface area contributed by atoms with Gasteiger partial charge in [-0.1, -0.05) is 0 Å². The van der Waals surface area contributed by atoms with Gasteiger partial charge in [0.05, 0.1) is 33.6 Å². The number of aromatic amines is 1. The van der Waals surface area contributed by atoms with Gasteiger partial charge >= 0.3 is 0 Å². The summed E-state index contributed by atoms with van der Waals surface area (Å²) in [5.74, 6) is 0. The molecule has 2 N–H and O–H groups in total. The lowest BCUT2D eigenvalue weighted by atomic mass is 10.0. The number of rotatable bonds is 1. The summed E-state index contributed by atoms with van der Waals surface area (Å²) in [4.78, 5) is 13.4. The van der Waals surface area contributed by atoms with Crippen LogP contribution in [0.1, 0.15) is 33.0 Å². The maximum absolute atomic E-state index is 4.48. The van der Waals surface area contributed by atoms with Gasteiger partial charge in [0.15, 0.2) is 0 Å². The van der Waals surface area contributed by atoms with E-state index < -0.39 is 0 Å². The summed E-state index contributed by atoms with van der Waals surface area (Å²) in [6.07, 6.45) is 2.82. The summed E-state index contributed by atoms with van der Waals surface area (Å²) in [7, 11) is 0. The number of imidazole rings is 1. The van der Waals surface area contributed by atoms with Crippen molar-refractivity contribution in [1.82, 2.24) is 20.3 Å². The number of nitrogens with zero attached hydrogens (tertiary/aromatic N) is 2. The number of aryl methyl sites for hydroxylation is 2. The van der Waals surface area contributed by atoms with E-state index in [2.05, 4.69) is 34.1 Å². The van der Waals surface area contributed by atoms with E-state index in [0.717, 1.165) is 29.4 Å². The molecule has 1 aliphatic rings. The third-order valence-electron chi connectivity index (χ3n) is 2.95. The molecule has 0 bridgehead atoms. The van der Waals surface area contributed by atoms with Crippen molar-refractivity contribution in [3.63, 3.8) is 0 Å². The average molecular weight is 234 g/mol. The van der Waals surface area contributed by atoms with Crippen LogP contribution in [-0.4, -0.2) is 21.5 Å². The molecule has 4 nitrogen and oxygen atoms in total. The van der Waals surface area contributed by atoms with Crippen LogP contribution in [0, 0.1) is 13.8 Å². The fourth-order valence-electron chi connectivity index (χ4n) is 2.25. The first-order valence-corrected chi connectivity index (χ1v) is 6.27. The van der Waals surface area contributed by atoms with Crippen molar-refractivity contribution in [2.24, 2.45) is 0 Å². The molecule has 0 aliphatic carbocycles. The fourth-order valence-corrected chi connectivity index (χ4v) is 3.26. The molecule has 5 heteroatoms. The monoisotopic (exact) mass is 234 g/mol. The number of hydrogen-bond acceptors (Lipinski definition) is 4. The Labute approximate surface area is 98.1 Å². The molecule has 84 valence electrons. The van der Waals surface area contributed by atoms with Crippen LogP contribution in [0.3, 0.4) is 0 Å². The topological polar surface area (TPSA) is 53.6 Å².